The summed E-state index contributed by atoms with van der Waals surface area (Å²) in [5.74, 6) is 0.193. The van der Waals surface area contributed by atoms with Gasteiger partial charge in [-0.3, -0.25) is 9.80 Å². The van der Waals surface area contributed by atoms with E-state index in [1.165, 1.54) is 0 Å². The molecule has 0 saturated carbocycles. The highest BCUT2D eigenvalue weighted by atomic mass is 16.3. The maximum atomic E-state index is 11.6. The summed E-state index contributed by atoms with van der Waals surface area (Å²) in [5.41, 5.74) is 0. The van der Waals surface area contributed by atoms with Gasteiger partial charge < -0.3 is 5.11 Å². The predicted octanol–water partition coefficient (Wildman–Crippen LogP) is 0.617. The van der Waals surface area contributed by atoms with Crippen LogP contribution < -0.4 is 0 Å². The Morgan fingerprint density at radius 2 is 2.29 bits per heavy atom. The number of hydrogen-bond acceptors (Lipinski definition) is 3. The molecular weight excluding hydrogens is 180 g/mol. The van der Waals surface area contributed by atoms with E-state index in [0.29, 0.717) is 13.0 Å². The lowest BCUT2D eigenvalue weighted by Crippen LogP contribution is -2.52. The summed E-state index contributed by atoms with van der Waals surface area (Å²) in [7, 11) is 0. The van der Waals surface area contributed by atoms with Gasteiger partial charge in [0.15, 0.2) is 0 Å². The highest BCUT2D eigenvalue weighted by molar-refractivity contribution is 5.76. The Bertz CT molecular complexity index is 195. The van der Waals surface area contributed by atoms with Crippen molar-refractivity contribution in [3.63, 3.8) is 0 Å². The van der Waals surface area contributed by atoms with Crippen LogP contribution in [0.2, 0.25) is 0 Å². The van der Waals surface area contributed by atoms with Crippen molar-refractivity contribution in [3.05, 3.63) is 0 Å². The van der Waals surface area contributed by atoms with Crippen molar-refractivity contribution in [2.45, 2.75) is 39.2 Å². The highest BCUT2D eigenvalue weighted by Gasteiger charge is 2.25. The molecule has 0 aromatic carbocycles. The molecule has 1 N–H and O–H groups in total. The third-order valence-electron chi connectivity index (χ3n) is 2.35. The van der Waals surface area contributed by atoms with Crippen molar-refractivity contribution in [1.29, 1.82) is 0 Å². The van der Waals surface area contributed by atoms with Crippen molar-refractivity contribution in [2.24, 2.45) is 0 Å². The SMILES string of the molecule is CCCN1C(=O)CCCN1CC(C)O. The number of hydrazine groups is 1. The molecule has 0 aromatic heterocycles. The van der Waals surface area contributed by atoms with Crippen LogP contribution in [0.4, 0.5) is 0 Å². The average molecular weight is 200 g/mol. The summed E-state index contributed by atoms with van der Waals surface area (Å²) < 4.78 is 0. The maximum Gasteiger partial charge on any atom is 0.236 e. The molecule has 0 aromatic rings. The van der Waals surface area contributed by atoms with E-state index in [1.54, 1.807) is 11.9 Å². The van der Waals surface area contributed by atoms with Crippen LogP contribution in [0, 0.1) is 0 Å². The molecule has 1 heterocycles. The monoisotopic (exact) mass is 200 g/mol. The van der Waals surface area contributed by atoms with E-state index in [-0.39, 0.29) is 12.0 Å². The number of aliphatic hydroxyl groups is 1. The van der Waals surface area contributed by atoms with Crippen molar-refractivity contribution in [2.75, 3.05) is 19.6 Å². The Balaban J connectivity index is 2.55. The second kappa shape index (κ2) is 5.32. The Morgan fingerprint density at radius 3 is 2.86 bits per heavy atom. The second-order valence-electron chi connectivity index (χ2n) is 3.88. The number of carbonyl (C=O) groups is 1. The number of carbonyl (C=O) groups excluding carboxylic acids is 1. The molecule has 82 valence electrons. The third-order valence-corrected chi connectivity index (χ3v) is 2.35. The van der Waals surface area contributed by atoms with Gasteiger partial charge in [0.05, 0.1) is 6.10 Å². The zero-order valence-electron chi connectivity index (χ0n) is 9.07. The molecule has 1 saturated heterocycles. The predicted molar refractivity (Wildman–Crippen MR) is 54.5 cm³/mol. The fraction of sp³-hybridized carbons (Fsp3) is 0.900. The molecule has 0 aliphatic carbocycles. The van der Waals surface area contributed by atoms with E-state index in [2.05, 4.69) is 6.92 Å². The third kappa shape index (κ3) is 2.96. The first-order valence-electron chi connectivity index (χ1n) is 5.38. The number of rotatable bonds is 4. The number of aliphatic hydroxyl groups excluding tert-OH is 1. The molecule has 1 unspecified atom stereocenters. The molecule has 1 aliphatic rings. The molecule has 1 atom stereocenters. The Hall–Kier alpha value is -0.610. The van der Waals surface area contributed by atoms with Gasteiger partial charge in [0.2, 0.25) is 5.91 Å². The Kier molecular flexibility index (Phi) is 4.35. The van der Waals surface area contributed by atoms with E-state index < -0.39 is 0 Å². The van der Waals surface area contributed by atoms with Crippen LogP contribution in [0.1, 0.15) is 33.1 Å². The van der Waals surface area contributed by atoms with E-state index in [9.17, 15) is 9.90 Å². The van der Waals surface area contributed by atoms with E-state index in [1.807, 2.05) is 5.01 Å². The van der Waals surface area contributed by atoms with Gasteiger partial charge in [0.1, 0.15) is 0 Å². The van der Waals surface area contributed by atoms with Crippen LogP contribution in [0.15, 0.2) is 0 Å². The largest absolute Gasteiger partial charge is 0.392 e. The first kappa shape index (κ1) is 11.5. The molecule has 1 amide bonds. The van der Waals surface area contributed by atoms with Crippen molar-refractivity contribution in [3.8, 4) is 0 Å². The minimum absolute atomic E-state index is 0.193. The van der Waals surface area contributed by atoms with Crippen LogP contribution in [0.5, 0.6) is 0 Å². The molecule has 0 bridgehead atoms. The Labute approximate surface area is 85.5 Å². The normalized spacial score (nSPS) is 21.4. The summed E-state index contributed by atoms with van der Waals surface area (Å²) in [6, 6.07) is 0. The van der Waals surface area contributed by atoms with E-state index in [4.69, 9.17) is 0 Å². The lowest BCUT2D eigenvalue weighted by Gasteiger charge is -2.39. The maximum absolute atomic E-state index is 11.6. The average Bonchev–Trinajstić information content (AvgIpc) is 2.10. The van der Waals surface area contributed by atoms with Crippen LogP contribution in [-0.4, -0.2) is 46.8 Å². The summed E-state index contributed by atoms with van der Waals surface area (Å²) in [6.45, 7) is 6.03. The van der Waals surface area contributed by atoms with Gasteiger partial charge in [-0.25, -0.2) is 5.01 Å². The fourth-order valence-corrected chi connectivity index (χ4v) is 1.79. The zero-order valence-corrected chi connectivity index (χ0v) is 9.07. The lowest BCUT2D eigenvalue weighted by atomic mass is 10.2. The molecule has 4 nitrogen and oxygen atoms in total. The topological polar surface area (TPSA) is 43.8 Å². The molecule has 4 heteroatoms. The van der Waals surface area contributed by atoms with Gasteiger partial charge in [0, 0.05) is 26.1 Å². The fourth-order valence-electron chi connectivity index (χ4n) is 1.79. The Morgan fingerprint density at radius 1 is 1.57 bits per heavy atom. The highest BCUT2D eigenvalue weighted by Crippen LogP contribution is 2.13. The molecule has 14 heavy (non-hydrogen) atoms. The van der Waals surface area contributed by atoms with Crippen molar-refractivity contribution >= 4 is 5.91 Å². The minimum atomic E-state index is -0.375. The first-order chi connectivity index (χ1) is 6.65. The summed E-state index contributed by atoms with van der Waals surface area (Å²) >= 11 is 0. The lowest BCUT2D eigenvalue weighted by molar-refractivity contribution is -0.158. The second-order valence-corrected chi connectivity index (χ2v) is 3.88. The van der Waals surface area contributed by atoms with Gasteiger partial charge in [-0.05, 0) is 19.8 Å². The molecular formula is C10H20N2O2. The van der Waals surface area contributed by atoms with Gasteiger partial charge in [0.25, 0.3) is 0 Å². The van der Waals surface area contributed by atoms with Gasteiger partial charge in [-0.15, -0.1) is 0 Å². The molecule has 0 radical (unpaired) electrons. The summed E-state index contributed by atoms with van der Waals surface area (Å²) in [4.78, 5) is 11.6. The minimum Gasteiger partial charge on any atom is -0.392 e. The van der Waals surface area contributed by atoms with Crippen LogP contribution in [-0.2, 0) is 4.79 Å². The number of amides is 1. The zero-order chi connectivity index (χ0) is 10.6. The molecule has 1 aliphatic heterocycles. The molecule has 0 spiro atoms. The van der Waals surface area contributed by atoms with Gasteiger partial charge in [-0.1, -0.05) is 6.92 Å². The van der Waals surface area contributed by atoms with Crippen molar-refractivity contribution in [1.82, 2.24) is 10.0 Å². The van der Waals surface area contributed by atoms with Crippen LogP contribution in [0.3, 0.4) is 0 Å². The van der Waals surface area contributed by atoms with Crippen molar-refractivity contribution < 1.29 is 9.90 Å². The van der Waals surface area contributed by atoms with E-state index in [0.717, 1.165) is 25.9 Å². The summed E-state index contributed by atoms with van der Waals surface area (Å²) in [6.07, 6.45) is 2.14. The smallest absolute Gasteiger partial charge is 0.236 e. The number of nitrogens with zero attached hydrogens (tertiary/aromatic N) is 2. The van der Waals surface area contributed by atoms with Crippen LogP contribution >= 0.6 is 0 Å². The van der Waals surface area contributed by atoms with E-state index >= 15 is 0 Å². The van der Waals surface area contributed by atoms with Crippen LogP contribution in [0.25, 0.3) is 0 Å². The van der Waals surface area contributed by atoms with Gasteiger partial charge >= 0.3 is 0 Å². The number of β-amino-alcohol motifs (C(OH)–C–C–N with tert-alkyl or cyclic N) is 1. The standard InChI is InChI=1S/C10H20N2O2/c1-3-6-12-10(14)5-4-7-11(12)8-9(2)13/h9,13H,3-8H2,1-2H3. The quantitative estimate of drug-likeness (QED) is 0.723. The molecule has 1 rings (SSSR count). The van der Waals surface area contributed by atoms with Gasteiger partial charge in [-0.2, -0.15) is 0 Å². The molecule has 1 fully saturated rings. The first-order valence-corrected chi connectivity index (χ1v) is 5.38. The number of hydrogen-bond donors (Lipinski definition) is 1. The summed E-state index contributed by atoms with van der Waals surface area (Å²) in [5, 5.41) is 13.1.